The van der Waals surface area contributed by atoms with Crippen molar-refractivity contribution in [2.24, 2.45) is 0 Å². The van der Waals surface area contributed by atoms with Gasteiger partial charge in [0.15, 0.2) is 0 Å². The molecule has 0 fully saturated rings. The number of hydrogen-bond acceptors (Lipinski definition) is 0. The van der Waals surface area contributed by atoms with Gasteiger partial charge in [-0.2, -0.15) is 0 Å². The third kappa shape index (κ3) is 3.74. The van der Waals surface area contributed by atoms with Crippen LogP contribution in [0.15, 0.2) is 55.6 Å². The van der Waals surface area contributed by atoms with E-state index in [0.29, 0.717) is 12.1 Å². The highest BCUT2D eigenvalue weighted by Crippen LogP contribution is 2.27. The molecular formula is C22H32N4+2. The fourth-order valence-electron chi connectivity index (χ4n) is 2.98. The lowest BCUT2D eigenvalue weighted by Gasteiger charge is -2.19. The first-order valence-corrected chi connectivity index (χ1v) is 9.49. The van der Waals surface area contributed by atoms with E-state index in [4.69, 9.17) is 0 Å². The molecule has 2 heterocycles. The number of nitrogens with zero attached hydrogens (tertiary/aromatic N) is 4. The van der Waals surface area contributed by atoms with Gasteiger partial charge in [-0.25, -0.2) is 18.3 Å². The van der Waals surface area contributed by atoms with Gasteiger partial charge in [-0.3, -0.25) is 0 Å². The van der Waals surface area contributed by atoms with Crippen LogP contribution in [0.2, 0.25) is 0 Å². The minimum atomic E-state index is 0.0904. The second-order valence-electron chi connectivity index (χ2n) is 8.71. The van der Waals surface area contributed by atoms with Crippen molar-refractivity contribution in [3.8, 4) is 11.4 Å². The first-order valence-electron chi connectivity index (χ1n) is 9.49. The lowest BCUT2D eigenvalue weighted by Crippen LogP contribution is -2.33. The number of aromatic nitrogens is 4. The molecular weight excluding hydrogens is 320 g/mol. The zero-order chi connectivity index (χ0) is 19.1. The Morgan fingerprint density at radius 1 is 0.731 bits per heavy atom. The van der Waals surface area contributed by atoms with Crippen molar-refractivity contribution in [2.75, 3.05) is 0 Å². The standard InChI is InChI=1S/C22H32N4/c1-17(2)23-8-10-25(15-23)20-12-19(22(5,6)7)13-21(14-20)26-11-9-24(16-26)18(3)4/h8-18H,1-7H3/q+2. The molecule has 0 spiro atoms. The van der Waals surface area contributed by atoms with E-state index in [9.17, 15) is 0 Å². The second-order valence-corrected chi connectivity index (χ2v) is 8.71. The summed E-state index contributed by atoms with van der Waals surface area (Å²) in [5, 5.41) is 0. The molecule has 3 aromatic rings. The van der Waals surface area contributed by atoms with E-state index in [1.54, 1.807) is 0 Å². The summed E-state index contributed by atoms with van der Waals surface area (Å²) in [7, 11) is 0. The van der Waals surface area contributed by atoms with Gasteiger partial charge in [0.1, 0.15) is 36.2 Å². The van der Waals surface area contributed by atoms with E-state index >= 15 is 0 Å². The van der Waals surface area contributed by atoms with Crippen molar-refractivity contribution < 1.29 is 9.13 Å². The molecule has 3 rings (SSSR count). The molecule has 26 heavy (non-hydrogen) atoms. The van der Waals surface area contributed by atoms with Crippen LogP contribution in [0.25, 0.3) is 11.4 Å². The first-order chi connectivity index (χ1) is 12.1. The van der Waals surface area contributed by atoms with Gasteiger partial charge >= 0.3 is 0 Å². The molecule has 0 amide bonds. The Hall–Kier alpha value is -2.36. The summed E-state index contributed by atoms with van der Waals surface area (Å²) in [5.41, 5.74) is 3.81. The highest BCUT2D eigenvalue weighted by molar-refractivity contribution is 5.49. The summed E-state index contributed by atoms with van der Waals surface area (Å²) < 4.78 is 8.87. The van der Waals surface area contributed by atoms with Crippen LogP contribution in [0, 0.1) is 0 Å². The summed E-state index contributed by atoms with van der Waals surface area (Å²) >= 11 is 0. The maximum Gasteiger partial charge on any atom is 0.249 e. The summed E-state index contributed by atoms with van der Waals surface area (Å²) in [4.78, 5) is 0. The monoisotopic (exact) mass is 352 g/mol. The van der Waals surface area contributed by atoms with Crippen molar-refractivity contribution in [1.82, 2.24) is 9.13 Å². The van der Waals surface area contributed by atoms with Gasteiger partial charge in [0.25, 0.3) is 0 Å². The van der Waals surface area contributed by atoms with Gasteiger partial charge in [-0.05, 0) is 50.8 Å². The minimum absolute atomic E-state index is 0.0904. The molecule has 0 aliphatic heterocycles. The second kappa shape index (κ2) is 6.75. The van der Waals surface area contributed by atoms with Crippen LogP contribution in [-0.2, 0) is 5.41 Å². The van der Waals surface area contributed by atoms with Gasteiger partial charge in [-0.1, -0.05) is 20.8 Å². The molecule has 138 valence electrons. The quantitative estimate of drug-likeness (QED) is 0.623. The molecule has 4 nitrogen and oxygen atoms in total. The van der Waals surface area contributed by atoms with E-state index in [1.165, 1.54) is 16.9 Å². The van der Waals surface area contributed by atoms with Crippen LogP contribution >= 0.6 is 0 Å². The summed E-state index contributed by atoms with van der Waals surface area (Å²) in [6, 6.07) is 7.76. The van der Waals surface area contributed by atoms with E-state index in [0.717, 1.165) is 0 Å². The van der Waals surface area contributed by atoms with Crippen molar-refractivity contribution >= 4 is 0 Å². The topological polar surface area (TPSA) is 17.6 Å². The van der Waals surface area contributed by atoms with E-state index in [2.05, 4.69) is 122 Å². The van der Waals surface area contributed by atoms with Crippen LogP contribution in [0.1, 0.15) is 66.1 Å². The molecule has 2 aromatic heterocycles. The third-order valence-electron chi connectivity index (χ3n) is 4.87. The summed E-state index contributed by atoms with van der Waals surface area (Å²) in [5.74, 6) is 0. The Morgan fingerprint density at radius 2 is 1.15 bits per heavy atom. The molecule has 0 saturated heterocycles. The lowest BCUT2D eigenvalue weighted by atomic mass is 9.86. The predicted octanol–water partition coefficient (Wildman–Crippen LogP) is 4.30. The predicted molar refractivity (Wildman–Crippen MR) is 105 cm³/mol. The Balaban J connectivity index is 2.12. The van der Waals surface area contributed by atoms with Gasteiger partial charge < -0.3 is 0 Å². The molecule has 0 bridgehead atoms. The fourth-order valence-corrected chi connectivity index (χ4v) is 2.98. The van der Waals surface area contributed by atoms with E-state index < -0.39 is 0 Å². The average molecular weight is 353 g/mol. The van der Waals surface area contributed by atoms with Crippen LogP contribution in [-0.4, -0.2) is 9.13 Å². The molecule has 0 atom stereocenters. The Kier molecular flexibility index (Phi) is 4.78. The van der Waals surface area contributed by atoms with Gasteiger partial charge in [0, 0.05) is 6.07 Å². The molecule has 0 aliphatic rings. The number of imidazole rings is 2. The van der Waals surface area contributed by atoms with Crippen LogP contribution in [0.3, 0.4) is 0 Å². The van der Waals surface area contributed by atoms with E-state index in [1.807, 2.05) is 0 Å². The fraction of sp³-hybridized carbons (Fsp3) is 0.455. The molecule has 0 radical (unpaired) electrons. The highest BCUT2D eigenvalue weighted by atomic mass is 15.1. The minimum Gasteiger partial charge on any atom is -0.234 e. The van der Waals surface area contributed by atoms with Crippen molar-refractivity contribution in [1.29, 1.82) is 0 Å². The normalized spacial score (nSPS) is 12.3. The van der Waals surface area contributed by atoms with Gasteiger partial charge in [0.2, 0.25) is 12.7 Å². The first kappa shape index (κ1) is 18.4. The van der Waals surface area contributed by atoms with Crippen molar-refractivity contribution in [3.05, 3.63) is 61.2 Å². The van der Waals surface area contributed by atoms with Gasteiger partial charge in [-0.15, -0.1) is 0 Å². The Morgan fingerprint density at radius 3 is 1.46 bits per heavy atom. The van der Waals surface area contributed by atoms with Crippen molar-refractivity contribution in [2.45, 2.75) is 66.0 Å². The zero-order valence-corrected chi connectivity index (χ0v) is 17.1. The lowest BCUT2D eigenvalue weighted by molar-refractivity contribution is -0.715. The van der Waals surface area contributed by atoms with Crippen LogP contribution < -0.4 is 9.13 Å². The molecule has 4 heteroatoms. The number of benzene rings is 1. The van der Waals surface area contributed by atoms with Crippen LogP contribution in [0.4, 0.5) is 0 Å². The number of hydrogen-bond donors (Lipinski definition) is 0. The molecule has 0 aliphatic carbocycles. The largest absolute Gasteiger partial charge is 0.249 e. The maximum absolute atomic E-state index is 2.30. The van der Waals surface area contributed by atoms with Gasteiger partial charge in [0.05, 0.1) is 12.1 Å². The SMILES string of the molecule is CC(C)[n+]1ccn(-c2cc(-n3cc[n+](C(C)C)c3)cc(C(C)(C)C)c2)c1. The maximum atomic E-state index is 2.30. The molecule has 0 unspecified atom stereocenters. The van der Waals surface area contributed by atoms with E-state index in [-0.39, 0.29) is 5.41 Å². The van der Waals surface area contributed by atoms with Crippen LogP contribution in [0.5, 0.6) is 0 Å². The molecule has 0 N–H and O–H groups in total. The third-order valence-corrected chi connectivity index (χ3v) is 4.87. The molecule has 0 saturated carbocycles. The zero-order valence-electron chi connectivity index (χ0n) is 17.1. The average Bonchev–Trinajstić information content (AvgIpc) is 3.23. The highest BCUT2D eigenvalue weighted by Gasteiger charge is 2.20. The Labute approximate surface area is 157 Å². The van der Waals surface area contributed by atoms with Crippen molar-refractivity contribution in [3.63, 3.8) is 0 Å². The molecule has 1 aromatic carbocycles. The summed E-state index contributed by atoms with van der Waals surface area (Å²) in [6.45, 7) is 15.6. The number of rotatable bonds is 4. The Bertz CT molecular complexity index is 827. The summed E-state index contributed by atoms with van der Waals surface area (Å²) in [6.07, 6.45) is 12.9. The smallest absolute Gasteiger partial charge is 0.234 e.